The fourth-order valence-corrected chi connectivity index (χ4v) is 1.92. The van der Waals surface area contributed by atoms with Crippen molar-refractivity contribution >= 4 is 17.3 Å². The number of aliphatic hydroxyl groups is 1. The highest BCUT2D eigenvalue weighted by Gasteiger charge is 2.36. The van der Waals surface area contributed by atoms with Crippen molar-refractivity contribution in [2.24, 2.45) is 0 Å². The molecule has 1 fully saturated rings. The van der Waals surface area contributed by atoms with E-state index in [1.165, 1.54) is 0 Å². The number of halogens is 1. The van der Waals surface area contributed by atoms with Crippen LogP contribution >= 0.6 is 11.6 Å². The smallest absolute Gasteiger partial charge is 0.0897 e. The highest BCUT2D eigenvalue weighted by molar-refractivity contribution is 6.30. The summed E-state index contributed by atoms with van der Waals surface area (Å²) < 4.78 is 0. The molecule has 0 aromatic heterocycles. The van der Waals surface area contributed by atoms with Crippen LogP contribution in [0.2, 0.25) is 5.02 Å². The predicted octanol–water partition coefficient (Wildman–Crippen LogP) is 2.29. The van der Waals surface area contributed by atoms with E-state index in [-0.39, 0.29) is 0 Å². The summed E-state index contributed by atoms with van der Waals surface area (Å²) in [5.74, 6) is 0. The molecule has 0 bridgehead atoms. The molecule has 0 saturated heterocycles. The molecular formula is C10H12ClNO. The van der Waals surface area contributed by atoms with Crippen molar-refractivity contribution in [3.05, 3.63) is 28.8 Å². The van der Waals surface area contributed by atoms with Crippen molar-refractivity contribution in [3.8, 4) is 0 Å². The van der Waals surface area contributed by atoms with Crippen LogP contribution in [0.15, 0.2) is 18.2 Å². The largest absolute Gasteiger partial charge is 0.399 e. The lowest BCUT2D eigenvalue weighted by Crippen LogP contribution is -2.33. The van der Waals surface area contributed by atoms with Crippen LogP contribution < -0.4 is 5.73 Å². The van der Waals surface area contributed by atoms with Gasteiger partial charge in [-0.15, -0.1) is 0 Å². The van der Waals surface area contributed by atoms with Crippen LogP contribution in [0.1, 0.15) is 24.8 Å². The number of nitrogens with two attached hydrogens (primary N) is 1. The lowest BCUT2D eigenvalue weighted by atomic mass is 9.75. The van der Waals surface area contributed by atoms with Crippen molar-refractivity contribution in [2.45, 2.75) is 24.9 Å². The summed E-state index contributed by atoms with van der Waals surface area (Å²) in [5.41, 5.74) is 6.44. The van der Waals surface area contributed by atoms with Gasteiger partial charge in [0.1, 0.15) is 0 Å². The molecule has 1 saturated carbocycles. The molecule has 0 unspecified atom stereocenters. The van der Waals surface area contributed by atoms with E-state index in [2.05, 4.69) is 0 Å². The predicted molar refractivity (Wildman–Crippen MR) is 53.6 cm³/mol. The molecule has 70 valence electrons. The summed E-state index contributed by atoms with van der Waals surface area (Å²) in [5, 5.41) is 10.6. The summed E-state index contributed by atoms with van der Waals surface area (Å²) in [7, 11) is 0. The summed E-state index contributed by atoms with van der Waals surface area (Å²) in [4.78, 5) is 0. The molecule has 0 spiro atoms. The van der Waals surface area contributed by atoms with E-state index in [0.29, 0.717) is 10.7 Å². The third-order valence-corrected chi connectivity index (χ3v) is 2.86. The van der Waals surface area contributed by atoms with Gasteiger partial charge in [0.2, 0.25) is 0 Å². The zero-order valence-electron chi connectivity index (χ0n) is 7.26. The third-order valence-electron chi connectivity index (χ3n) is 2.64. The minimum Gasteiger partial charge on any atom is -0.399 e. The van der Waals surface area contributed by atoms with Crippen LogP contribution in [0.25, 0.3) is 0 Å². The van der Waals surface area contributed by atoms with E-state index >= 15 is 0 Å². The van der Waals surface area contributed by atoms with Crippen molar-refractivity contribution in [3.63, 3.8) is 0 Å². The van der Waals surface area contributed by atoms with Gasteiger partial charge in [-0.2, -0.15) is 0 Å². The van der Waals surface area contributed by atoms with E-state index in [9.17, 15) is 5.11 Å². The van der Waals surface area contributed by atoms with Crippen LogP contribution in [0.5, 0.6) is 0 Å². The molecule has 3 heteroatoms. The molecule has 0 aliphatic heterocycles. The number of nitrogen functional groups attached to an aromatic ring is 1. The second kappa shape index (κ2) is 2.89. The minimum atomic E-state index is -0.668. The molecule has 0 radical (unpaired) electrons. The van der Waals surface area contributed by atoms with Gasteiger partial charge in [-0.05, 0) is 43.0 Å². The van der Waals surface area contributed by atoms with E-state index in [0.717, 1.165) is 24.8 Å². The van der Waals surface area contributed by atoms with Gasteiger partial charge in [0.15, 0.2) is 0 Å². The summed E-state index contributed by atoms with van der Waals surface area (Å²) in [6.07, 6.45) is 2.70. The van der Waals surface area contributed by atoms with Crippen LogP contribution in [-0.4, -0.2) is 5.11 Å². The SMILES string of the molecule is Nc1cc(Cl)cc(C2(O)CCC2)c1. The van der Waals surface area contributed by atoms with Gasteiger partial charge in [-0.1, -0.05) is 11.6 Å². The topological polar surface area (TPSA) is 46.2 Å². The second-order valence-electron chi connectivity index (χ2n) is 3.66. The number of hydrogen-bond donors (Lipinski definition) is 2. The van der Waals surface area contributed by atoms with E-state index < -0.39 is 5.60 Å². The Morgan fingerprint density at radius 1 is 1.31 bits per heavy atom. The standard InChI is InChI=1S/C10H12ClNO/c11-8-4-7(5-9(12)6-8)10(13)2-1-3-10/h4-6,13H,1-3,12H2. The third kappa shape index (κ3) is 1.52. The van der Waals surface area contributed by atoms with Gasteiger partial charge in [0.25, 0.3) is 0 Å². The molecule has 3 N–H and O–H groups in total. The van der Waals surface area contributed by atoms with Gasteiger partial charge < -0.3 is 10.8 Å². The van der Waals surface area contributed by atoms with Gasteiger partial charge in [-0.25, -0.2) is 0 Å². The Bertz CT molecular complexity index is 313. The fraction of sp³-hybridized carbons (Fsp3) is 0.400. The maximum absolute atomic E-state index is 10.0. The molecular weight excluding hydrogens is 186 g/mol. The molecule has 13 heavy (non-hydrogen) atoms. The van der Waals surface area contributed by atoms with Crippen molar-refractivity contribution < 1.29 is 5.11 Å². The first-order valence-corrected chi connectivity index (χ1v) is 4.77. The Balaban J connectivity index is 2.39. The van der Waals surface area contributed by atoms with Crippen LogP contribution in [0, 0.1) is 0 Å². The molecule has 0 amide bonds. The van der Waals surface area contributed by atoms with Crippen LogP contribution in [-0.2, 0) is 5.60 Å². The fourth-order valence-electron chi connectivity index (χ4n) is 1.68. The maximum Gasteiger partial charge on any atom is 0.0897 e. The van der Waals surface area contributed by atoms with Crippen LogP contribution in [0.4, 0.5) is 5.69 Å². The second-order valence-corrected chi connectivity index (χ2v) is 4.09. The van der Waals surface area contributed by atoms with Gasteiger partial charge in [0, 0.05) is 10.7 Å². The highest BCUT2D eigenvalue weighted by Crippen LogP contribution is 2.42. The monoisotopic (exact) mass is 197 g/mol. The molecule has 2 nitrogen and oxygen atoms in total. The summed E-state index contributed by atoms with van der Waals surface area (Å²) in [6, 6.07) is 5.27. The Morgan fingerprint density at radius 3 is 2.46 bits per heavy atom. The quantitative estimate of drug-likeness (QED) is 0.679. The molecule has 2 rings (SSSR count). The van der Waals surface area contributed by atoms with Crippen molar-refractivity contribution in [1.82, 2.24) is 0 Å². The average Bonchev–Trinajstić information content (AvgIpc) is 1.98. The molecule has 0 heterocycles. The molecule has 1 aromatic carbocycles. The lowest BCUT2D eigenvalue weighted by molar-refractivity contribution is -0.0387. The van der Waals surface area contributed by atoms with E-state index in [1.807, 2.05) is 0 Å². The zero-order valence-corrected chi connectivity index (χ0v) is 8.01. The summed E-state index contributed by atoms with van der Waals surface area (Å²) >= 11 is 5.85. The summed E-state index contributed by atoms with van der Waals surface area (Å²) in [6.45, 7) is 0. The average molecular weight is 198 g/mol. The Kier molecular flexibility index (Phi) is 1.97. The first-order chi connectivity index (χ1) is 6.10. The Hall–Kier alpha value is -0.730. The molecule has 1 aliphatic carbocycles. The number of benzene rings is 1. The molecule has 0 atom stereocenters. The van der Waals surface area contributed by atoms with Gasteiger partial charge in [0.05, 0.1) is 5.60 Å². The number of anilines is 1. The Morgan fingerprint density at radius 2 is 2.00 bits per heavy atom. The number of rotatable bonds is 1. The van der Waals surface area contributed by atoms with E-state index in [4.69, 9.17) is 17.3 Å². The van der Waals surface area contributed by atoms with Crippen molar-refractivity contribution in [1.29, 1.82) is 0 Å². The van der Waals surface area contributed by atoms with Crippen molar-refractivity contribution in [2.75, 3.05) is 5.73 Å². The van der Waals surface area contributed by atoms with E-state index in [1.54, 1.807) is 18.2 Å². The Labute approximate surface area is 82.3 Å². The molecule has 1 aromatic rings. The maximum atomic E-state index is 10.0. The first-order valence-electron chi connectivity index (χ1n) is 4.39. The first kappa shape index (κ1) is 8.85. The normalized spacial score (nSPS) is 19.5. The van der Waals surface area contributed by atoms with Gasteiger partial charge in [-0.3, -0.25) is 0 Å². The highest BCUT2D eigenvalue weighted by atomic mass is 35.5. The zero-order chi connectivity index (χ0) is 9.47. The lowest BCUT2D eigenvalue weighted by Gasteiger charge is -2.37. The van der Waals surface area contributed by atoms with Crippen LogP contribution in [0.3, 0.4) is 0 Å². The molecule has 1 aliphatic rings. The number of hydrogen-bond acceptors (Lipinski definition) is 2. The van der Waals surface area contributed by atoms with Gasteiger partial charge >= 0.3 is 0 Å². The minimum absolute atomic E-state index is 0.593.